The van der Waals surface area contributed by atoms with Crippen LogP contribution in [-0.4, -0.2) is 22.9 Å². The van der Waals surface area contributed by atoms with Crippen molar-refractivity contribution >= 4 is 28.5 Å². The number of carbonyl (C=O) groups is 1. The summed E-state index contributed by atoms with van der Waals surface area (Å²) >= 11 is 1.56. The highest BCUT2D eigenvalue weighted by molar-refractivity contribution is 7.99. The van der Waals surface area contributed by atoms with Gasteiger partial charge >= 0.3 is 5.97 Å². The summed E-state index contributed by atoms with van der Waals surface area (Å²) in [6, 6.07) is 17.5. The Kier molecular flexibility index (Phi) is 5.01. The zero-order chi connectivity index (χ0) is 18.8. The molecule has 0 amide bonds. The number of rotatable bonds is 5. The number of carboxylic acids is 1. The molecule has 27 heavy (non-hydrogen) atoms. The number of ether oxygens (including phenoxy) is 1. The van der Waals surface area contributed by atoms with Crippen LogP contribution in [0, 0.1) is 5.82 Å². The normalized spacial score (nSPS) is 19.3. The summed E-state index contributed by atoms with van der Waals surface area (Å²) in [5.41, 5.74) is 1.81. The van der Waals surface area contributed by atoms with Crippen molar-refractivity contribution in [3.05, 3.63) is 77.6 Å². The van der Waals surface area contributed by atoms with Crippen LogP contribution < -0.4 is 10.1 Å². The van der Waals surface area contributed by atoms with E-state index < -0.39 is 12.0 Å². The van der Waals surface area contributed by atoms with Gasteiger partial charge in [-0.3, -0.25) is 10.1 Å². The molecule has 1 aliphatic rings. The molecule has 1 aliphatic heterocycles. The molecule has 0 spiro atoms. The first kappa shape index (κ1) is 17.8. The average Bonchev–Trinajstić information content (AvgIpc) is 3.17. The Morgan fingerprint density at radius 1 is 1.15 bits per heavy atom. The van der Waals surface area contributed by atoms with Gasteiger partial charge in [-0.15, -0.1) is 11.8 Å². The second-order valence-electron chi connectivity index (χ2n) is 6.38. The maximum Gasteiger partial charge on any atom is 0.321 e. The van der Waals surface area contributed by atoms with Crippen molar-refractivity contribution in [1.82, 2.24) is 5.32 Å². The highest BCUT2D eigenvalue weighted by Crippen LogP contribution is 2.42. The Labute approximate surface area is 160 Å². The molecule has 3 aromatic rings. The summed E-state index contributed by atoms with van der Waals surface area (Å²) in [6.07, 6.45) is 0. The van der Waals surface area contributed by atoms with Gasteiger partial charge in [0.05, 0.1) is 5.37 Å². The molecule has 0 saturated carbocycles. The van der Waals surface area contributed by atoms with E-state index >= 15 is 0 Å². The standard InChI is InChI=1S/C21H18FNO3S/c22-15-8-5-13(6-9-15)11-26-18-10-7-14-3-1-2-4-16(14)19(18)20-23-17(12-27-20)21(24)25/h1-10,17,20,23H,11-12H2,(H,24,25). The van der Waals surface area contributed by atoms with E-state index in [9.17, 15) is 14.3 Å². The largest absolute Gasteiger partial charge is 0.489 e. The van der Waals surface area contributed by atoms with Crippen molar-refractivity contribution in [3.63, 3.8) is 0 Å². The summed E-state index contributed by atoms with van der Waals surface area (Å²) in [5, 5.41) is 14.4. The summed E-state index contributed by atoms with van der Waals surface area (Å²) in [7, 11) is 0. The molecule has 4 nitrogen and oxygen atoms in total. The third-order valence-electron chi connectivity index (χ3n) is 4.58. The first-order valence-electron chi connectivity index (χ1n) is 8.61. The Bertz CT molecular complexity index is 977. The molecule has 138 valence electrons. The minimum atomic E-state index is -0.848. The van der Waals surface area contributed by atoms with Crippen LogP contribution in [0.15, 0.2) is 60.7 Å². The lowest BCUT2D eigenvalue weighted by molar-refractivity contribution is -0.138. The van der Waals surface area contributed by atoms with Crippen molar-refractivity contribution in [2.75, 3.05) is 5.75 Å². The predicted molar refractivity (Wildman–Crippen MR) is 104 cm³/mol. The molecule has 2 unspecified atom stereocenters. The van der Waals surface area contributed by atoms with Crippen LogP contribution in [0.1, 0.15) is 16.5 Å². The smallest absolute Gasteiger partial charge is 0.321 e. The van der Waals surface area contributed by atoms with Gasteiger partial charge in [0.15, 0.2) is 0 Å². The van der Waals surface area contributed by atoms with E-state index in [4.69, 9.17) is 4.74 Å². The lowest BCUT2D eigenvalue weighted by Gasteiger charge is -2.19. The fourth-order valence-electron chi connectivity index (χ4n) is 3.19. The SMILES string of the molecule is O=C(O)C1CSC(c2c(OCc3ccc(F)cc3)ccc3ccccc23)N1. The number of halogens is 1. The van der Waals surface area contributed by atoms with Crippen LogP contribution in [0.3, 0.4) is 0 Å². The summed E-state index contributed by atoms with van der Waals surface area (Å²) in [6.45, 7) is 0.311. The Morgan fingerprint density at radius 3 is 2.67 bits per heavy atom. The van der Waals surface area contributed by atoms with E-state index in [1.165, 1.54) is 12.1 Å². The summed E-state index contributed by atoms with van der Waals surface area (Å²) in [5.74, 6) is 0.0742. The Hall–Kier alpha value is -2.57. The maximum atomic E-state index is 13.1. The number of nitrogens with one attached hydrogen (secondary N) is 1. The van der Waals surface area contributed by atoms with Crippen molar-refractivity contribution in [2.24, 2.45) is 0 Å². The number of hydrogen-bond acceptors (Lipinski definition) is 4. The quantitative estimate of drug-likeness (QED) is 0.686. The molecule has 3 aromatic carbocycles. The van der Waals surface area contributed by atoms with Crippen LogP contribution >= 0.6 is 11.8 Å². The van der Waals surface area contributed by atoms with Gasteiger partial charge in [-0.25, -0.2) is 4.39 Å². The molecule has 4 rings (SSSR count). The fraction of sp³-hybridized carbons (Fsp3) is 0.190. The minimum Gasteiger partial charge on any atom is -0.489 e. The number of aliphatic carboxylic acids is 1. The fourth-order valence-corrected chi connectivity index (χ4v) is 4.49. The van der Waals surface area contributed by atoms with E-state index in [1.807, 2.05) is 36.4 Å². The highest BCUT2D eigenvalue weighted by Gasteiger charge is 2.33. The third-order valence-corrected chi connectivity index (χ3v) is 5.81. The van der Waals surface area contributed by atoms with Crippen molar-refractivity contribution in [3.8, 4) is 5.75 Å². The van der Waals surface area contributed by atoms with E-state index in [0.717, 1.165) is 21.9 Å². The van der Waals surface area contributed by atoms with Crippen LogP contribution in [0.25, 0.3) is 10.8 Å². The average molecular weight is 383 g/mol. The van der Waals surface area contributed by atoms with Gasteiger partial charge in [-0.1, -0.05) is 42.5 Å². The summed E-state index contributed by atoms with van der Waals surface area (Å²) < 4.78 is 19.2. The minimum absolute atomic E-state index is 0.166. The molecule has 1 saturated heterocycles. The van der Waals surface area contributed by atoms with Gasteiger partial charge in [0.1, 0.15) is 24.2 Å². The van der Waals surface area contributed by atoms with Crippen molar-refractivity contribution in [1.29, 1.82) is 0 Å². The number of fused-ring (bicyclic) bond motifs is 1. The number of thioether (sulfide) groups is 1. The van der Waals surface area contributed by atoms with Gasteiger partial charge in [0.2, 0.25) is 0 Å². The molecular formula is C21H18FNO3S. The van der Waals surface area contributed by atoms with E-state index in [2.05, 4.69) is 5.32 Å². The number of carboxylic acid groups (broad SMARTS) is 1. The second-order valence-corrected chi connectivity index (χ2v) is 7.52. The van der Waals surface area contributed by atoms with E-state index in [-0.39, 0.29) is 11.2 Å². The molecule has 0 aliphatic carbocycles. The van der Waals surface area contributed by atoms with Crippen molar-refractivity contribution in [2.45, 2.75) is 18.0 Å². The second kappa shape index (κ2) is 7.58. The highest BCUT2D eigenvalue weighted by atomic mass is 32.2. The van der Waals surface area contributed by atoms with Crippen LogP contribution in [0.2, 0.25) is 0 Å². The van der Waals surface area contributed by atoms with Gasteiger partial charge in [-0.05, 0) is 34.5 Å². The third kappa shape index (κ3) is 3.77. The Balaban J connectivity index is 1.67. The lowest BCUT2D eigenvalue weighted by atomic mass is 10.0. The zero-order valence-corrected chi connectivity index (χ0v) is 15.2. The Morgan fingerprint density at radius 2 is 1.93 bits per heavy atom. The topological polar surface area (TPSA) is 58.6 Å². The maximum absolute atomic E-state index is 13.1. The van der Waals surface area contributed by atoms with E-state index in [1.54, 1.807) is 23.9 Å². The predicted octanol–water partition coefficient (Wildman–Crippen LogP) is 4.35. The molecular weight excluding hydrogens is 365 g/mol. The first-order chi connectivity index (χ1) is 13.1. The van der Waals surface area contributed by atoms with Crippen LogP contribution in [0.5, 0.6) is 5.75 Å². The molecule has 0 radical (unpaired) electrons. The van der Waals surface area contributed by atoms with Gasteiger partial charge in [-0.2, -0.15) is 0 Å². The molecule has 0 aromatic heterocycles. The summed E-state index contributed by atoms with van der Waals surface area (Å²) in [4.78, 5) is 11.3. The molecule has 2 atom stereocenters. The van der Waals surface area contributed by atoms with Gasteiger partial charge in [0, 0.05) is 11.3 Å². The molecule has 1 fully saturated rings. The van der Waals surface area contributed by atoms with Gasteiger partial charge in [0.25, 0.3) is 0 Å². The lowest BCUT2D eigenvalue weighted by Crippen LogP contribution is -2.33. The molecule has 2 N–H and O–H groups in total. The molecule has 6 heteroatoms. The van der Waals surface area contributed by atoms with Crippen LogP contribution in [-0.2, 0) is 11.4 Å². The molecule has 0 bridgehead atoms. The number of hydrogen-bond donors (Lipinski definition) is 2. The monoisotopic (exact) mass is 383 g/mol. The first-order valence-corrected chi connectivity index (χ1v) is 9.66. The molecule has 1 heterocycles. The van der Waals surface area contributed by atoms with Crippen LogP contribution in [0.4, 0.5) is 4.39 Å². The number of benzene rings is 3. The van der Waals surface area contributed by atoms with E-state index in [0.29, 0.717) is 18.1 Å². The van der Waals surface area contributed by atoms with Crippen molar-refractivity contribution < 1.29 is 19.0 Å². The van der Waals surface area contributed by atoms with Gasteiger partial charge < -0.3 is 9.84 Å². The zero-order valence-electron chi connectivity index (χ0n) is 14.4.